The summed E-state index contributed by atoms with van der Waals surface area (Å²) in [4.78, 5) is 19.6. The lowest BCUT2D eigenvalue weighted by Crippen LogP contribution is -2.07. The number of rotatable bonds is 7. The maximum Gasteiger partial charge on any atom is 0.335 e. The van der Waals surface area contributed by atoms with Gasteiger partial charge < -0.3 is 15.2 Å². The van der Waals surface area contributed by atoms with Crippen LogP contribution >= 0.6 is 11.3 Å². The smallest absolute Gasteiger partial charge is 0.335 e. The van der Waals surface area contributed by atoms with Crippen molar-refractivity contribution in [2.24, 2.45) is 0 Å². The van der Waals surface area contributed by atoms with Gasteiger partial charge in [-0.15, -0.1) is 11.3 Å². The Hall–Kier alpha value is -3.45. The van der Waals surface area contributed by atoms with Crippen LogP contribution in [0.25, 0.3) is 21.3 Å². The maximum absolute atomic E-state index is 11.0. The molecule has 0 aliphatic heterocycles. The first-order valence-electron chi connectivity index (χ1n) is 9.08. The third-order valence-electron chi connectivity index (χ3n) is 4.65. The Morgan fingerprint density at radius 2 is 1.97 bits per heavy atom. The van der Waals surface area contributed by atoms with Crippen LogP contribution in [0.4, 0.5) is 5.82 Å². The van der Waals surface area contributed by atoms with Crippen molar-refractivity contribution >= 4 is 33.2 Å². The number of fused-ring (bicyclic) bond motifs is 1. The second kappa shape index (κ2) is 8.28. The molecule has 0 saturated heterocycles. The standard InChI is InChI=1S/C22H19N3O3S/c1-28-19-12-20-17(7-9-29-20)10-16(19)6-8-23-21-11-18(24-13-25-21)14-2-4-15(5-3-14)22(26)27/h2-5,7,9-13H,6,8H2,1H3,(H,26,27)(H,23,24,25). The fraction of sp³-hybridized carbons (Fsp3) is 0.136. The van der Waals surface area contributed by atoms with Crippen LogP contribution in [0, 0.1) is 0 Å². The lowest BCUT2D eigenvalue weighted by molar-refractivity contribution is 0.0697. The quantitative estimate of drug-likeness (QED) is 0.463. The molecule has 0 unspecified atom stereocenters. The zero-order valence-corrected chi connectivity index (χ0v) is 16.6. The average molecular weight is 405 g/mol. The first-order chi connectivity index (χ1) is 14.1. The topological polar surface area (TPSA) is 84.3 Å². The summed E-state index contributed by atoms with van der Waals surface area (Å²) in [7, 11) is 1.69. The van der Waals surface area contributed by atoms with E-state index in [1.54, 1.807) is 42.7 Å². The molecule has 2 N–H and O–H groups in total. The number of benzene rings is 2. The molecular weight excluding hydrogens is 386 g/mol. The van der Waals surface area contributed by atoms with Gasteiger partial charge >= 0.3 is 5.97 Å². The normalized spacial score (nSPS) is 10.8. The molecule has 0 amide bonds. The highest BCUT2D eigenvalue weighted by Crippen LogP contribution is 2.30. The van der Waals surface area contributed by atoms with Crippen LogP contribution in [0.2, 0.25) is 0 Å². The summed E-state index contributed by atoms with van der Waals surface area (Å²) in [6, 6.07) is 14.9. The van der Waals surface area contributed by atoms with Crippen molar-refractivity contribution < 1.29 is 14.6 Å². The third-order valence-corrected chi connectivity index (χ3v) is 5.53. The number of hydrogen-bond acceptors (Lipinski definition) is 6. The van der Waals surface area contributed by atoms with Gasteiger partial charge in [0.25, 0.3) is 0 Å². The van der Waals surface area contributed by atoms with Crippen molar-refractivity contribution in [2.45, 2.75) is 6.42 Å². The molecule has 7 heteroatoms. The Labute approximate surface area is 171 Å². The van der Waals surface area contributed by atoms with Crippen molar-refractivity contribution in [1.29, 1.82) is 0 Å². The summed E-state index contributed by atoms with van der Waals surface area (Å²) < 4.78 is 6.76. The van der Waals surface area contributed by atoms with Crippen LogP contribution in [0.5, 0.6) is 5.75 Å². The minimum Gasteiger partial charge on any atom is -0.496 e. The number of carboxylic acid groups (broad SMARTS) is 1. The Morgan fingerprint density at radius 3 is 2.72 bits per heavy atom. The Bertz CT molecular complexity index is 1160. The van der Waals surface area contributed by atoms with Gasteiger partial charge in [0, 0.05) is 22.9 Å². The summed E-state index contributed by atoms with van der Waals surface area (Å²) in [6.07, 6.45) is 2.29. The summed E-state index contributed by atoms with van der Waals surface area (Å²) in [5.74, 6) is 0.661. The first-order valence-corrected chi connectivity index (χ1v) is 9.96. The highest BCUT2D eigenvalue weighted by Gasteiger charge is 2.08. The van der Waals surface area contributed by atoms with E-state index in [1.807, 2.05) is 6.07 Å². The summed E-state index contributed by atoms with van der Waals surface area (Å²) in [5, 5.41) is 15.7. The molecule has 146 valence electrons. The third kappa shape index (κ3) is 4.20. The number of nitrogens with one attached hydrogen (secondary N) is 1. The fourth-order valence-electron chi connectivity index (χ4n) is 3.14. The number of methoxy groups -OCH3 is 1. The molecule has 29 heavy (non-hydrogen) atoms. The van der Waals surface area contributed by atoms with E-state index in [4.69, 9.17) is 9.84 Å². The number of nitrogens with zero attached hydrogens (tertiary/aromatic N) is 2. The second-order valence-electron chi connectivity index (χ2n) is 6.47. The van der Waals surface area contributed by atoms with Gasteiger partial charge in [-0.1, -0.05) is 12.1 Å². The fourth-order valence-corrected chi connectivity index (χ4v) is 3.94. The van der Waals surface area contributed by atoms with E-state index in [0.29, 0.717) is 12.4 Å². The SMILES string of the molecule is COc1cc2sccc2cc1CCNc1cc(-c2ccc(C(=O)O)cc2)ncn1. The molecule has 2 heterocycles. The van der Waals surface area contributed by atoms with E-state index in [-0.39, 0.29) is 5.56 Å². The molecule has 0 saturated carbocycles. The summed E-state index contributed by atoms with van der Waals surface area (Å²) in [5.41, 5.74) is 2.96. The van der Waals surface area contributed by atoms with E-state index in [0.717, 1.165) is 29.0 Å². The van der Waals surface area contributed by atoms with Crippen molar-refractivity contribution in [3.05, 3.63) is 71.4 Å². The van der Waals surface area contributed by atoms with Crippen LogP contribution in [-0.4, -0.2) is 34.7 Å². The number of carbonyl (C=O) groups is 1. The van der Waals surface area contributed by atoms with Gasteiger partial charge in [0.05, 0.1) is 18.4 Å². The van der Waals surface area contributed by atoms with Crippen molar-refractivity contribution in [1.82, 2.24) is 9.97 Å². The van der Waals surface area contributed by atoms with Gasteiger partial charge in [-0.25, -0.2) is 14.8 Å². The Kier molecular flexibility index (Phi) is 5.39. The van der Waals surface area contributed by atoms with E-state index < -0.39 is 5.97 Å². The van der Waals surface area contributed by atoms with Crippen molar-refractivity contribution in [2.75, 3.05) is 19.0 Å². The minimum absolute atomic E-state index is 0.248. The monoisotopic (exact) mass is 405 g/mol. The van der Waals surface area contributed by atoms with E-state index in [2.05, 4.69) is 38.9 Å². The highest BCUT2D eigenvalue weighted by molar-refractivity contribution is 7.17. The van der Waals surface area contributed by atoms with Crippen LogP contribution in [0.1, 0.15) is 15.9 Å². The van der Waals surface area contributed by atoms with E-state index in [1.165, 1.54) is 16.4 Å². The van der Waals surface area contributed by atoms with Crippen LogP contribution in [0.3, 0.4) is 0 Å². The van der Waals surface area contributed by atoms with Gasteiger partial charge in [-0.3, -0.25) is 0 Å². The highest BCUT2D eigenvalue weighted by atomic mass is 32.1. The molecule has 0 aliphatic rings. The lowest BCUT2D eigenvalue weighted by Gasteiger charge is -2.11. The largest absolute Gasteiger partial charge is 0.496 e. The number of anilines is 1. The number of aromatic nitrogens is 2. The summed E-state index contributed by atoms with van der Waals surface area (Å²) in [6.45, 7) is 0.695. The molecule has 6 nitrogen and oxygen atoms in total. The molecule has 0 bridgehead atoms. The lowest BCUT2D eigenvalue weighted by atomic mass is 10.1. The molecule has 0 radical (unpaired) electrons. The van der Waals surface area contributed by atoms with Gasteiger partial charge in [-0.2, -0.15) is 0 Å². The Morgan fingerprint density at radius 1 is 1.14 bits per heavy atom. The molecule has 0 fully saturated rings. The predicted octanol–water partition coefficient (Wildman–Crippen LogP) is 4.72. The zero-order chi connectivity index (χ0) is 20.2. The zero-order valence-electron chi connectivity index (χ0n) is 15.8. The van der Waals surface area contributed by atoms with Crippen LogP contribution < -0.4 is 10.1 Å². The number of thiophene rings is 1. The molecule has 0 spiro atoms. The summed E-state index contributed by atoms with van der Waals surface area (Å²) >= 11 is 1.70. The minimum atomic E-state index is -0.947. The van der Waals surface area contributed by atoms with Crippen molar-refractivity contribution in [3.63, 3.8) is 0 Å². The van der Waals surface area contributed by atoms with Crippen molar-refractivity contribution in [3.8, 4) is 17.0 Å². The first kappa shape index (κ1) is 18.9. The van der Waals surface area contributed by atoms with E-state index >= 15 is 0 Å². The van der Waals surface area contributed by atoms with Gasteiger partial charge in [-0.05, 0) is 53.1 Å². The number of aromatic carboxylic acids is 1. The maximum atomic E-state index is 11.0. The van der Waals surface area contributed by atoms with Crippen LogP contribution in [0.15, 0.2) is 60.2 Å². The van der Waals surface area contributed by atoms with Gasteiger partial charge in [0.2, 0.25) is 0 Å². The Balaban J connectivity index is 1.45. The molecular formula is C22H19N3O3S. The number of ether oxygens (including phenoxy) is 1. The predicted molar refractivity (Wildman–Crippen MR) is 115 cm³/mol. The molecule has 4 aromatic rings. The molecule has 0 aliphatic carbocycles. The van der Waals surface area contributed by atoms with Gasteiger partial charge in [0.15, 0.2) is 0 Å². The number of carboxylic acids is 1. The molecule has 2 aromatic heterocycles. The second-order valence-corrected chi connectivity index (χ2v) is 7.42. The van der Waals surface area contributed by atoms with E-state index in [9.17, 15) is 4.79 Å². The average Bonchev–Trinajstić information content (AvgIpc) is 3.21. The van der Waals surface area contributed by atoms with Gasteiger partial charge in [0.1, 0.15) is 17.9 Å². The molecule has 2 aromatic carbocycles. The number of hydrogen-bond donors (Lipinski definition) is 2. The van der Waals surface area contributed by atoms with Crippen LogP contribution in [-0.2, 0) is 6.42 Å². The molecule has 4 rings (SSSR count). The molecule has 0 atom stereocenters.